The first-order chi connectivity index (χ1) is 14.3. The molecule has 0 unspecified atom stereocenters. The van der Waals surface area contributed by atoms with Crippen LogP contribution < -0.4 is 9.64 Å². The van der Waals surface area contributed by atoms with Crippen molar-refractivity contribution in [3.63, 3.8) is 0 Å². The van der Waals surface area contributed by atoms with Crippen molar-refractivity contribution >= 4 is 65.9 Å². The third-order valence-corrected chi connectivity index (χ3v) is 8.98. The summed E-state index contributed by atoms with van der Waals surface area (Å²) in [5.74, 6) is 0.499. The molecule has 2 aliphatic rings. The number of carbonyl (C=O) groups excluding carboxylic acids is 1. The van der Waals surface area contributed by atoms with Gasteiger partial charge in [-0.2, -0.15) is 4.99 Å². The molecule has 6 nitrogen and oxygen atoms in total. The Morgan fingerprint density at radius 2 is 2.00 bits per heavy atom. The summed E-state index contributed by atoms with van der Waals surface area (Å²) in [5.41, 5.74) is 1.47. The molecule has 30 heavy (non-hydrogen) atoms. The Balaban J connectivity index is 1.63. The van der Waals surface area contributed by atoms with Gasteiger partial charge in [0.2, 0.25) is 0 Å². The number of amides is 1. The maximum Gasteiger partial charge on any atom is 0.252 e. The van der Waals surface area contributed by atoms with E-state index >= 15 is 0 Å². The number of methoxy groups -OCH3 is 1. The Labute approximate surface area is 192 Å². The average Bonchev–Trinajstić information content (AvgIpc) is 3.13. The van der Waals surface area contributed by atoms with Crippen LogP contribution in [-0.2, 0) is 21.1 Å². The summed E-state index contributed by atoms with van der Waals surface area (Å²) >= 11 is 11.2. The number of nitrogens with zero attached hydrogens (tertiary/aromatic N) is 2. The fourth-order valence-electron chi connectivity index (χ4n) is 3.59. The number of benzene rings is 2. The van der Waals surface area contributed by atoms with Crippen LogP contribution >= 0.6 is 39.3 Å². The highest BCUT2D eigenvalue weighted by atomic mass is 79.9. The van der Waals surface area contributed by atoms with E-state index in [1.807, 2.05) is 24.3 Å². The molecule has 158 valence electrons. The second-order valence-corrected chi connectivity index (χ2v) is 11.8. The van der Waals surface area contributed by atoms with E-state index in [1.165, 1.54) is 11.8 Å². The standard InChI is InChI=1S/C20H18BrClN2O4S2/c1-28-14-5-2-12(3-6-14)8-19(25)23-20-24(16-7-4-13(21)9-15(16)22)17-10-30(26,27)11-18(17)29-20/h2-7,9,17-18H,8,10-11H2,1H3/t17-,18-/m1/s1. The summed E-state index contributed by atoms with van der Waals surface area (Å²) in [5, 5.41) is 0.773. The third-order valence-electron chi connectivity index (χ3n) is 4.97. The summed E-state index contributed by atoms with van der Waals surface area (Å²) in [6, 6.07) is 12.3. The molecular weight excluding hydrogens is 512 g/mol. The number of fused-ring (bicyclic) bond motifs is 1. The molecule has 0 saturated carbocycles. The predicted molar refractivity (Wildman–Crippen MR) is 125 cm³/mol. The largest absolute Gasteiger partial charge is 0.497 e. The van der Waals surface area contributed by atoms with Gasteiger partial charge in [-0.05, 0) is 35.9 Å². The SMILES string of the molecule is COc1ccc(CC(=O)N=C2S[C@@H]3CS(=O)(=O)C[C@H]3N2c2ccc(Br)cc2Cl)cc1. The van der Waals surface area contributed by atoms with Crippen molar-refractivity contribution in [1.29, 1.82) is 0 Å². The minimum atomic E-state index is -3.14. The number of thioether (sulfide) groups is 1. The second-order valence-electron chi connectivity index (χ2n) is 7.08. The first-order valence-corrected chi connectivity index (χ1v) is 13.0. The van der Waals surface area contributed by atoms with Crippen LogP contribution in [0.3, 0.4) is 0 Å². The summed E-state index contributed by atoms with van der Waals surface area (Å²) < 4.78 is 30.3. The lowest BCUT2D eigenvalue weighted by atomic mass is 10.1. The first-order valence-electron chi connectivity index (χ1n) is 9.11. The highest BCUT2D eigenvalue weighted by Gasteiger charge is 2.49. The monoisotopic (exact) mass is 528 g/mol. The molecule has 0 aliphatic carbocycles. The van der Waals surface area contributed by atoms with Gasteiger partial charge in [0.05, 0.1) is 41.8 Å². The average molecular weight is 530 g/mol. The normalized spacial score (nSPS) is 23.6. The molecule has 2 saturated heterocycles. The molecule has 0 N–H and O–H groups in total. The number of rotatable bonds is 4. The molecule has 0 spiro atoms. The number of hydrogen-bond acceptors (Lipinski definition) is 5. The minimum absolute atomic E-state index is 0.0166. The van der Waals surface area contributed by atoms with Gasteiger partial charge in [-0.3, -0.25) is 4.79 Å². The number of ether oxygens (including phenoxy) is 1. The topological polar surface area (TPSA) is 76.0 Å². The molecule has 2 aromatic carbocycles. The van der Waals surface area contributed by atoms with Crippen LogP contribution in [0.4, 0.5) is 5.69 Å². The number of anilines is 1. The van der Waals surface area contributed by atoms with Crippen LogP contribution in [0.15, 0.2) is 51.9 Å². The highest BCUT2D eigenvalue weighted by Crippen LogP contribution is 2.43. The van der Waals surface area contributed by atoms with E-state index in [2.05, 4.69) is 20.9 Å². The van der Waals surface area contributed by atoms with Gasteiger partial charge in [-0.15, -0.1) is 0 Å². The Hall–Kier alpha value is -1.55. The van der Waals surface area contributed by atoms with Gasteiger partial charge in [0, 0.05) is 9.72 Å². The Morgan fingerprint density at radius 1 is 1.27 bits per heavy atom. The number of halogens is 2. The van der Waals surface area contributed by atoms with E-state index in [-0.39, 0.29) is 35.1 Å². The van der Waals surface area contributed by atoms with E-state index in [4.69, 9.17) is 16.3 Å². The summed E-state index contributed by atoms with van der Waals surface area (Å²) in [7, 11) is -1.56. The van der Waals surface area contributed by atoms with E-state index in [9.17, 15) is 13.2 Å². The molecule has 2 atom stereocenters. The zero-order valence-electron chi connectivity index (χ0n) is 15.9. The van der Waals surface area contributed by atoms with E-state index in [0.717, 1.165) is 10.0 Å². The van der Waals surface area contributed by atoms with E-state index < -0.39 is 9.84 Å². The molecule has 4 rings (SSSR count). The molecule has 2 heterocycles. The quantitative estimate of drug-likeness (QED) is 0.597. The van der Waals surface area contributed by atoms with Crippen LogP contribution in [-0.4, -0.2) is 49.4 Å². The van der Waals surface area contributed by atoms with Crippen molar-refractivity contribution in [1.82, 2.24) is 0 Å². The lowest BCUT2D eigenvalue weighted by molar-refractivity contribution is -0.117. The van der Waals surface area contributed by atoms with Crippen LogP contribution in [0.1, 0.15) is 5.56 Å². The van der Waals surface area contributed by atoms with Gasteiger partial charge in [-0.25, -0.2) is 8.42 Å². The second kappa shape index (κ2) is 8.53. The highest BCUT2D eigenvalue weighted by molar-refractivity contribution is 9.10. The first kappa shape index (κ1) is 21.7. The summed E-state index contributed by atoms with van der Waals surface area (Å²) in [6.07, 6.45) is 0.142. The zero-order valence-corrected chi connectivity index (χ0v) is 19.9. The molecule has 2 fully saturated rings. The van der Waals surface area contributed by atoms with Crippen molar-refractivity contribution in [3.8, 4) is 5.75 Å². The van der Waals surface area contributed by atoms with Gasteiger partial charge in [0.1, 0.15) is 5.75 Å². The number of hydrogen-bond donors (Lipinski definition) is 0. The van der Waals surface area contributed by atoms with E-state index in [0.29, 0.717) is 21.6 Å². The van der Waals surface area contributed by atoms with Crippen molar-refractivity contribution in [2.24, 2.45) is 4.99 Å². The minimum Gasteiger partial charge on any atom is -0.497 e. The van der Waals surface area contributed by atoms with Crippen molar-refractivity contribution in [3.05, 3.63) is 57.5 Å². The van der Waals surface area contributed by atoms with Gasteiger partial charge < -0.3 is 9.64 Å². The van der Waals surface area contributed by atoms with Gasteiger partial charge in [-0.1, -0.05) is 51.4 Å². The van der Waals surface area contributed by atoms with E-state index in [1.54, 1.807) is 30.2 Å². The smallest absolute Gasteiger partial charge is 0.252 e. The number of aliphatic imine (C=N–C) groups is 1. The number of sulfone groups is 1. The van der Waals surface area contributed by atoms with Crippen molar-refractivity contribution in [2.75, 3.05) is 23.5 Å². The molecule has 10 heteroatoms. The molecule has 2 aromatic rings. The third kappa shape index (κ3) is 4.54. The fraction of sp³-hybridized carbons (Fsp3) is 0.300. The molecule has 0 bridgehead atoms. The zero-order chi connectivity index (χ0) is 21.5. The maximum atomic E-state index is 12.7. The molecule has 0 radical (unpaired) electrons. The summed E-state index contributed by atoms with van der Waals surface area (Å²) in [4.78, 5) is 18.8. The van der Waals surface area contributed by atoms with Crippen molar-refractivity contribution in [2.45, 2.75) is 17.7 Å². The fourth-order valence-corrected chi connectivity index (χ4v) is 8.28. The lowest BCUT2D eigenvalue weighted by Gasteiger charge is -2.25. The van der Waals surface area contributed by atoms with Gasteiger partial charge in [0.25, 0.3) is 5.91 Å². The van der Waals surface area contributed by atoms with Crippen LogP contribution in [0.5, 0.6) is 5.75 Å². The Morgan fingerprint density at radius 3 is 2.67 bits per heavy atom. The maximum absolute atomic E-state index is 12.7. The number of carbonyl (C=O) groups is 1. The van der Waals surface area contributed by atoms with Gasteiger partial charge >= 0.3 is 0 Å². The predicted octanol–water partition coefficient (Wildman–Crippen LogP) is 3.96. The van der Waals surface area contributed by atoms with Crippen LogP contribution in [0.25, 0.3) is 0 Å². The van der Waals surface area contributed by atoms with Crippen molar-refractivity contribution < 1.29 is 17.9 Å². The van der Waals surface area contributed by atoms with Gasteiger partial charge in [0.15, 0.2) is 15.0 Å². The Bertz CT molecular complexity index is 1120. The molecule has 2 aliphatic heterocycles. The molecular formula is C20H18BrClN2O4S2. The lowest BCUT2D eigenvalue weighted by Crippen LogP contribution is -2.38. The molecule has 1 amide bonds. The van der Waals surface area contributed by atoms with Crippen LogP contribution in [0, 0.1) is 0 Å². The Kier molecular flexibility index (Phi) is 6.16. The summed E-state index contributed by atoms with van der Waals surface area (Å²) in [6.45, 7) is 0. The van der Waals surface area contributed by atoms with Crippen LogP contribution in [0.2, 0.25) is 5.02 Å². The number of amidine groups is 1. The molecule has 0 aromatic heterocycles.